The summed E-state index contributed by atoms with van der Waals surface area (Å²) in [4.78, 5) is 58.4. The fraction of sp³-hybridized carbons (Fsp3) is 0.545. The van der Waals surface area contributed by atoms with Gasteiger partial charge in [-0.25, -0.2) is 4.79 Å². The standard InChI is InChI=1S/C22H29N5O4/c1-2-27-21(30)17-7-6-16(14-18(17)23-22(27)31)20(29)26-12-10-24(11-13-26)15-19(28)25-8-4-3-5-9-25/h6-7,14H,2-5,8-13,15H2,1H3,(H,23,31). The van der Waals surface area contributed by atoms with Crippen LogP contribution >= 0.6 is 0 Å². The first-order valence-electron chi connectivity index (χ1n) is 11.0. The number of aromatic amines is 1. The normalized spacial score (nSPS) is 17.8. The van der Waals surface area contributed by atoms with Gasteiger partial charge in [-0.15, -0.1) is 0 Å². The van der Waals surface area contributed by atoms with Gasteiger partial charge in [0.15, 0.2) is 0 Å². The third kappa shape index (κ3) is 4.41. The van der Waals surface area contributed by atoms with Gasteiger partial charge in [0.25, 0.3) is 11.5 Å². The Labute approximate surface area is 180 Å². The molecule has 2 amide bonds. The molecule has 1 aromatic heterocycles. The fourth-order valence-corrected chi connectivity index (χ4v) is 4.40. The molecule has 4 rings (SSSR count). The summed E-state index contributed by atoms with van der Waals surface area (Å²) >= 11 is 0. The van der Waals surface area contributed by atoms with E-state index in [0.29, 0.717) is 49.2 Å². The van der Waals surface area contributed by atoms with Crippen molar-refractivity contribution in [2.75, 3.05) is 45.8 Å². The largest absolute Gasteiger partial charge is 0.342 e. The monoisotopic (exact) mass is 427 g/mol. The summed E-state index contributed by atoms with van der Waals surface area (Å²) in [6, 6.07) is 4.81. The van der Waals surface area contributed by atoms with Crippen LogP contribution in [0.4, 0.5) is 0 Å². The number of rotatable bonds is 4. The number of carbonyl (C=O) groups excluding carboxylic acids is 2. The lowest BCUT2D eigenvalue weighted by Gasteiger charge is -2.36. The van der Waals surface area contributed by atoms with E-state index >= 15 is 0 Å². The van der Waals surface area contributed by atoms with Gasteiger partial charge in [0.05, 0.1) is 17.4 Å². The van der Waals surface area contributed by atoms with Gasteiger partial charge in [-0.2, -0.15) is 0 Å². The van der Waals surface area contributed by atoms with Gasteiger partial charge in [0.1, 0.15) is 0 Å². The summed E-state index contributed by atoms with van der Waals surface area (Å²) in [6.07, 6.45) is 3.36. The Bertz CT molecular complexity index is 1090. The molecule has 2 fully saturated rings. The number of nitrogens with zero attached hydrogens (tertiary/aromatic N) is 4. The first kappa shape index (κ1) is 21.3. The average Bonchev–Trinajstić information content (AvgIpc) is 2.79. The quantitative estimate of drug-likeness (QED) is 0.765. The zero-order valence-corrected chi connectivity index (χ0v) is 17.9. The van der Waals surface area contributed by atoms with Crippen LogP contribution in [0.15, 0.2) is 27.8 Å². The second-order valence-electron chi connectivity index (χ2n) is 8.25. The molecule has 2 aliphatic heterocycles. The lowest BCUT2D eigenvalue weighted by atomic mass is 10.1. The van der Waals surface area contributed by atoms with Crippen molar-refractivity contribution in [3.63, 3.8) is 0 Å². The minimum atomic E-state index is -0.475. The van der Waals surface area contributed by atoms with Crippen LogP contribution < -0.4 is 11.2 Å². The lowest BCUT2D eigenvalue weighted by Crippen LogP contribution is -2.52. The third-order valence-corrected chi connectivity index (χ3v) is 6.27. The number of aromatic nitrogens is 2. The molecule has 9 heteroatoms. The molecule has 0 radical (unpaired) electrons. The third-order valence-electron chi connectivity index (χ3n) is 6.27. The van der Waals surface area contributed by atoms with E-state index in [1.165, 1.54) is 6.42 Å². The molecule has 2 aromatic rings. The predicted molar refractivity (Wildman–Crippen MR) is 117 cm³/mol. The van der Waals surface area contributed by atoms with Crippen molar-refractivity contribution in [3.05, 3.63) is 44.6 Å². The van der Waals surface area contributed by atoms with Gasteiger partial charge in [0.2, 0.25) is 5.91 Å². The van der Waals surface area contributed by atoms with Gasteiger partial charge in [-0.1, -0.05) is 0 Å². The maximum atomic E-state index is 13.0. The maximum absolute atomic E-state index is 13.0. The van der Waals surface area contributed by atoms with Crippen LogP contribution in [0.3, 0.4) is 0 Å². The molecule has 0 atom stereocenters. The molecule has 0 unspecified atom stereocenters. The minimum Gasteiger partial charge on any atom is -0.342 e. The number of piperidine rings is 1. The average molecular weight is 428 g/mol. The van der Waals surface area contributed by atoms with Gasteiger partial charge >= 0.3 is 5.69 Å². The number of likely N-dealkylation sites (tertiary alicyclic amines) is 1. The molecule has 9 nitrogen and oxygen atoms in total. The van der Waals surface area contributed by atoms with Crippen LogP contribution in [0.2, 0.25) is 0 Å². The smallest absolute Gasteiger partial charge is 0.328 e. The number of nitrogens with one attached hydrogen (secondary N) is 1. The van der Waals surface area contributed by atoms with Crippen molar-refractivity contribution < 1.29 is 9.59 Å². The highest BCUT2D eigenvalue weighted by Gasteiger charge is 2.25. The summed E-state index contributed by atoms with van der Waals surface area (Å²) < 4.78 is 1.13. The van der Waals surface area contributed by atoms with E-state index in [1.54, 1.807) is 30.0 Å². The highest BCUT2D eigenvalue weighted by atomic mass is 16.2. The van der Waals surface area contributed by atoms with Gasteiger partial charge < -0.3 is 14.8 Å². The van der Waals surface area contributed by atoms with Crippen molar-refractivity contribution in [2.45, 2.75) is 32.7 Å². The summed E-state index contributed by atoms with van der Waals surface area (Å²) in [6.45, 7) is 6.51. The Morgan fingerprint density at radius 1 is 0.935 bits per heavy atom. The summed E-state index contributed by atoms with van der Waals surface area (Å²) in [5, 5.41) is 0.388. The number of hydrogen-bond acceptors (Lipinski definition) is 5. The molecule has 1 aromatic carbocycles. The SMILES string of the molecule is CCn1c(=O)[nH]c2cc(C(=O)N3CCN(CC(=O)N4CCCCC4)CC3)ccc2c1=O. The number of amides is 2. The molecule has 31 heavy (non-hydrogen) atoms. The van der Waals surface area contributed by atoms with E-state index in [9.17, 15) is 19.2 Å². The van der Waals surface area contributed by atoms with Crippen molar-refractivity contribution in [1.82, 2.24) is 24.3 Å². The molecule has 2 aliphatic rings. The molecule has 0 saturated carbocycles. The molecular weight excluding hydrogens is 398 g/mol. The van der Waals surface area contributed by atoms with Crippen molar-refractivity contribution in [1.29, 1.82) is 0 Å². The highest BCUT2D eigenvalue weighted by molar-refractivity contribution is 5.97. The van der Waals surface area contributed by atoms with Crippen molar-refractivity contribution in [3.8, 4) is 0 Å². The molecule has 0 bridgehead atoms. The summed E-state index contributed by atoms with van der Waals surface area (Å²) in [5.41, 5.74) is -0.0187. The minimum absolute atomic E-state index is 0.135. The lowest BCUT2D eigenvalue weighted by molar-refractivity contribution is -0.133. The molecule has 0 aliphatic carbocycles. The van der Waals surface area contributed by atoms with Crippen LogP contribution in [0.1, 0.15) is 36.5 Å². The topological polar surface area (TPSA) is 98.7 Å². The van der Waals surface area contributed by atoms with Crippen LogP contribution in [0, 0.1) is 0 Å². The number of carbonyl (C=O) groups is 2. The molecular formula is C22H29N5O4. The Kier molecular flexibility index (Phi) is 6.22. The first-order chi connectivity index (χ1) is 15.0. The van der Waals surface area contributed by atoms with E-state index in [4.69, 9.17) is 0 Å². The summed E-state index contributed by atoms with van der Waals surface area (Å²) in [7, 11) is 0. The van der Waals surface area contributed by atoms with E-state index in [1.807, 2.05) is 4.90 Å². The van der Waals surface area contributed by atoms with Crippen LogP contribution in [0.5, 0.6) is 0 Å². The second kappa shape index (κ2) is 9.05. The number of fused-ring (bicyclic) bond motifs is 1. The first-order valence-corrected chi connectivity index (χ1v) is 11.0. The Morgan fingerprint density at radius 3 is 2.32 bits per heavy atom. The van der Waals surface area contributed by atoms with Crippen molar-refractivity contribution >= 4 is 22.7 Å². The van der Waals surface area contributed by atoms with Crippen molar-refractivity contribution in [2.24, 2.45) is 0 Å². The van der Waals surface area contributed by atoms with E-state index in [-0.39, 0.29) is 23.9 Å². The number of benzene rings is 1. The highest BCUT2D eigenvalue weighted by Crippen LogP contribution is 2.14. The van der Waals surface area contributed by atoms with Crippen LogP contribution in [0.25, 0.3) is 10.9 Å². The maximum Gasteiger partial charge on any atom is 0.328 e. The Hall–Kier alpha value is -2.94. The van der Waals surface area contributed by atoms with E-state index in [0.717, 1.165) is 30.5 Å². The zero-order valence-electron chi connectivity index (χ0n) is 17.9. The molecule has 3 heterocycles. The molecule has 166 valence electrons. The number of piperazine rings is 1. The van der Waals surface area contributed by atoms with Crippen LogP contribution in [-0.4, -0.2) is 81.9 Å². The second-order valence-corrected chi connectivity index (χ2v) is 8.25. The predicted octanol–water partition coefficient (Wildman–Crippen LogP) is 0.480. The summed E-state index contributed by atoms with van der Waals surface area (Å²) in [5.74, 6) is 0.0418. The Morgan fingerprint density at radius 2 is 1.65 bits per heavy atom. The zero-order chi connectivity index (χ0) is 22.0. The number of hydrogen-bond donors (Lipinski definition) is 1. The van der Waals surface area contributed by atoms with E-state index < -0.39 is 5.69 Å². The van der Waals surface area contributed by atoms with Gasteiger partial charge in [-0.3, -0.25) is 23.9 Å². The van der Waals surface area contributed by atoms with E-state index in [2.05, 4.69) is 9.88 Å². The molecule has 1 N–H and O–H groups in total. The fourth-order valence-electron chi connectivity index (χ4n) is 4.40. The van der Waals surface area contributed by atoms with Gasteiger partial charge in [-0.05, 0) is 44.4 Å². The molecule has 0 spiro atoms. The number of H-pyrrole nitrogens is 1. The van der Waals surface area contributed by atoms with Gasteiger partial charge in [0, 0.05) is 51.4 Å². The Balaban J connectivity index is 1.40. The van der Waals surface area contributed by atoms with Crippen LogP contribution in [-0.2, 0) is 11.3 Å². The molecule has 2 saturated heterocycles.